The number of piperidine rings is 1. The van der Waals surface area contributed by atoms with Crippen LogP contribution < -0.4 is 15.4 Å². The molecule has 158 valence electrons. The molecule has 0 aliphatic carbocycles. The topological polar surface area (TPSA) is 80.4 Å². The van der Waals surface area contributed by atoms with Crippen LogP contribution in [0.4, 0.5) is 16.2 Å². The Labute approximate surface area is 177 Å². The van der Waals surface area contributed by atoms with E-state index >= 15 is 0 Å². The molecular formula is C23H28N4O3. The average Bonchev–Trinajstić information content (AvgIpc) is 3.17. The van der Waals surface area contributed by atoms with E-state index in [1.807, 2.05) is 48.5 Å². The van der Waals surface area contributed by atoms with Crippen LogP contribution in [0.25, 0.3) is 0 Å². The molecule has 0 saturated carbocycles. The number of rotatable bonds is 7. The molecule has 0 bridgehead atoms. The molecule has 2 fully saturated rings. The number of carbonyl (C=O) groups is 1. The van der Waals surface area contributed by atoms with Gasteiger partial charge in [-0.05, 0) is 67.9 Å². The van der Waals surface area contributed by atoms with Gasteiger partial charge in [-0.2, -0.15) is 0 Å². The summed E-state index contributed by atoms with van der Waals surface area (Å²) in [4.78, 5) is 20.5. The molecule has 2 aromatic rings. The van der Waals surface area contributed by atoms with Crippen LogP contribution >= 0.6 is 0 Å². The quantitative estimate of drug-likeness (QED) is 0.556. The summed E-state index contributed by atoms with van der Waals surface area (Å²) in [6.45, 7) is 4.32. The van der Waals surface area contributed by atoms with Crippen LogP contribution in [0.5, 0.6) is 5.75 Å². The monoisotopic (exact) mass is 408 g/mol. The summed E-state index contributed by atoms with van der Waals surface area (Å²) >= 11 is 0. The van der Waals surface area contributed by atoms with Crippen molar-refractivity contribution in [3.63, 3.8) is 0 Å². The second kappa shape index (κ2) is 9.63. The van der Waals surface area contributed by atoms with Gasteiger partial charge in [0, 0.05) is 12.2 Å². The summed E-state index contributed by atoms with van der Waals surface area (Å²) in [6, 6.07) is 15.1. The number of aliphatic imine (C=N–C) groups is 1. The lowest BCUT2D eigenvalue weighted by atomic mass is 10.1. The number of carbonyl (C=O) groups excluding carboxylic acids is 1. The number of cyclic esters (lactones) is 1. The molecule has 4 rings (SSSR count). The highest BCUT2D eigenvalue weighted by Crippen LogP contribution is 2.34. The van der Waals surface area contributed by atoms with E-state index in [9.17, 15) is 4.79 Å². The number of likely N-dealkylation sites (tertiary alicyclic amines) is 1. The fraction of sp³-hybridized carbons (Fsp3) is 0.391. The van der Waals surface area contributed by atoms with Crippen molar-refractivity contribution in [2.45, 2.75) is 25.3 Å². The van der Waals surface area contributed by atoms with Gasteiger partial charge in [-0.1, -0.05) is 18.6 Å². The highest BCUT2D eigenvalue weighted by Gasteiger charge is 2.35. The van der Waals surface area contributed by atoms with E-state index in [0.717, 1.165) is 29.2 Å². The van der Waals surface area contributed by atoms with E-state index in [1.165, 1.54) is 38.7 Å². The zero-order valence-corrected chi connectivity index (χ0v) is 17.1. The Bertz CT molecular complexity index is 861. The molecule has 30 heavy (non-hydrogen) atoms. The lowest BCUT2D eigenvalue weighted by molar-refractivity contribution is 0.179. The number of anilines is 1. The maximum Gasteiger partial charge on any atom is 0.415 e. The van der Waals surface area contributed by atoms with Gasteiger partial charge in [0.05, 0.1) is 18.1 Å². The fourth-order valence-corrected chi connectivity index (χ4v) is 4.00. The molecule has 7 heteroatoms. The summed E-state index contributed by atoms with van der Waals surface area (Å²) in [5, 5.41) is 0. The normalized spacial score (nSPS) is 19.9. The number of benzene rings is 2. The molecule has 1 atom stereocenters. The summed E-state index contributed by atoms with van der Waals surface area (Å²) in [6.07, 6.45) is 4.82. The van der Waals surface area contributed by atoms with Gasteiger partial charge >= 0.3 is 6.09 Å². The Hall–Kier alpha value is -3.06. The van der Waals surface area contributed by atoms with Crippen molar-refractivity contribution in [3.8, 4) is 5.75 Å². The van der Waals surface area contributed by atoms with E-state index in [4.69, 9.17) is 15.2 Å². The molecule has 2 aliphatic rings. The second-order valence-corrected chi connectivity index (χ2v) is 7.58. The third-order valence-electron chi connectivity index (χ3n) is 5.61. The molecule has 0 unspecified atom stereocenters. The van der Waals surface area contributed by atoms with Gasteiger partial charge < -0.3 is 15.2 Å². The van der Waals surface area contributed by atoms with Gasteiger partial charge in [0.2, 0.25) is 0 Å². The number of ether oxygens (including phenoxy) is 2. The third-order valence-corrected chi connectivity index (χ3v) is 5.61. The van der Waals surface area contributed by atoms with Crippen LogP contribution in [0, 0.1) is 0 Å². The molecule has 7 nitrogen and oxygen atoms in total. The number of nitrogens with zero attached hydrogens (tertiary/aromatic N) is 3. The van der Waals surface area contributed by atoms with Gasteiger partial charge in [0.25, 0.3) is 0 Å². The highest BCUT2D eigenvalue weighted by molar-refractivity contribution is 5.90. The second-order valence-electron chi connectivity index (χ2n) is 7.58. The van der Waals surface area contributed by atoms with Gasteiger partial charge in [0.1, 0.15) is 19.0 Å². The number of nitrogens with two attached hydrogens (primary N) is 1. The molecule has 2 aliphatic heterocycles. The lowest BCUT2D eigenvalue weighted by Crippen LogP contribution is -2.33. The first-order valence-corrected chi connectivity index (χ1v) is 10.5. The Morgan fingerprint density at radius 1 is 1.07 bits per heavy atom. The molecule has 2 aromatic carbocycles. The zero-order chi connectivity index (χ0) is 20.8. The molecule has 0 aromatic heterocycles. The SMILES string of the molecule is NC=Nc1ccc(N2C(=O)OC[C@@H]2c2ccc(OCCN3CCCCC3)cc2)cc1. The summed E-state index contributed by atoms with van der Waals surface area (Å²) in [7, 11) is 0. The maximum absolute atomic E-state index is 12.4. The standard InChI is InChI=1S/C23H28N4O3/c24-17-25-19-6-8-20(9-7-19)27-22(16-30-23(27)28)18-4-10-21(11-5-18)29-15-14-26-12-2-1-3-13-26/h4-11,17,22H,1-3,12-16H2,(H2,24,25)/t22-/m1/s1. The number of hydrogen-bond acceptors (Lipinski definition) is 5. The molecule has 1 amide bonds. The molecule has 0 radical (unpaired) electrons. The fourth-order valence-electron chi connectivity index (χ4n) is 4.00. The van der Waals surface area contributed by atoms with Gasteiger partial charge in [-0.25, -0.2) is 9.79 Å². The number of amides is 1. The van der Waals surface area contributed by atoms with Crippen LogP contribution in [0.2, 0.25) is 0 Å². The van der Waals surface area contributed by atoms with E-state index in [-0.39, 0.29) is 12.1 Å². The lowest BCUT2D eigenvalue weighted by Gasteiger charge is -2.26. The Kier molecular flexibility index (Phi) is 6.49. The van der Waals surface area contributed by atoms with Gasteiger partial charge in [0.15, 0.2) is 0 Å². The van der Waals surface area contributed by atoms with Crippen LogP contribution in [0.15, 0.2) is 53.5 Å². The minimum atomic E-state index is -0.350. The van der Waals surface area contributed by atoms with Crippen molar-refractivity contribution in [2.24, 2.45) is 10.7 Å². The van der Waals surface area contributed by atoms with Crippen LogP contribution in [-0.4, -0.2) is 50.2 Å². The Morgan fingerprint density at radius 3 is 2.50 bits per heavy atom. The predicted octanol–water partition coefficient (Wildman–Crippen LogP) is 3.87. The Morgan fingerprint density at radius 2 is 1.80 bits per heavy atom. The third kappa shape index (κ3) is 4.74. The van der Waals surface area contributed by atoms with Gasteiger partial charge in [-0.15, -0.1) is 0 Å². The van der Waals surface area contributed by atoms with Crippen LogP contribution in [0.3, 0.4) is 0 Å². The average molecular weight is 409 g/mol. The van der Waals surface area contributed by atoms with Crippen molar-refractivity contribution < 1.29 is 14.3 Å². The van der Waals surface area contributed by atoms with Crippen molar-refractivity contribution in [3.05, 3.63) is 54.1 Å². The molecular weight excluding hydrogens is 380 g/mol. The van der Waals surface area contributed by atoms with Crippen molar-refractivity contribution in [1.82, 2.24) is 4.90 Å². The number of hydrogen-bond donors (Lipinski definition) is 1. The molecule has 2 saturated heterocycles. The van der Waals surface area contributed by atoms with Gasteiger partial charge in [-0.3, -0.25) is 9.80 Å². The summed E-state index contributed by atoms with van der Waals surface area (Å²) in [5.41, 5.74) is 7.84. The predicted molar refractivity (Wildman–Crippen MR) is 118 cm³/mol. The maximum atomic E-state index is 12.4. The Balaban J connectivity index is 1.39. The van der Waals surface area contributed by atoms with E-state index in [1.54, 1.807) is 4.90 Å². The molecule has 2 N–H and O–H groups in total. The smallest absolute Gasteiger partial charge is 0.415 e. The minimum Gasteiger partial charge on any atom is -0.492 e. The van der Waals surface area contributed by atoms with Crippen molar-refractivity contribution in [1.29, 1.82) is 0 Å². The van der Waals surface area contributed by atoms with E-state index in [2.05, 4.69) is 9.89 Å². The van der Waals surface area contributed by atoms with Crippen LogP contribution in [0.1, 0.15) is 30.9 Å². The first kappa shape index (κ1) is 20.2. The first-order valence-electron chi connectivity index (χ1n) is 10.5. The van der Waals surface area contributed by atoms with E-state index in [0.29, 0.717) is 13.2 Å². The summed E-state index contributed by atoms with van der Waals surface area (Å²) < 4.78 is 11.2. The van der Waals surface area contributed by atoms with Crippen molar-refractivity contribution in [2.75, 3.05) is 37.7 Å². The minimum absolute atomic E-state index is 0.177. The van der Waals surface area contributed by atoms with Crippen molar-refractivity contribution >= 4 is 23.8 Å². The summed E-state index contributed by atoms with van der Waals surface area (Å²) in [5.74, 6) is 0.844. The van der Waals surface area contributed by atoms with Crippen LogP contribution in [-0.2, 0) is 4.74 Å². The highest BCUT2D eigenvalue weighted by atomic mass is 16.6. The first-order chi connectivity index (χ1) is 14.7. The zero-order valence-electron chi connectivity index (χ0n) is 17.1. The van der Waals surface area contributed by atoms with E-state index < -0.39 is 0 Å². The molecule has 0 spiro atoms. The largest absolute Gasteiger partial charge is 0.492 e. The molecule has 2 heterocycles.